The van der Waals surface area contributed by atoms with Crippen LogP contribution in [0.4, 0.5) is 0 Å². The SMILES string of the molecule is CCC(CC)C(=O)/C=C(\O)C(CC)CC.Cc1ccnc(-c2[c-]c3ccccc3c(C3CCCCC3)c2)c1.[Ir]. The average Bonchev–Trinajstić information content (AvgIpc) is 2.94. The van der Waals surface area contributed by atoms with Crippen LogP contribution in [0.15, 0.2) is 60.5 Å². The second kappa shape index (κ2) is 16.7. The third-order valence-electron chi connectivity index (χ3n) is 8.13. The van der Waals surface area contributed by atoms with E-state index in [-0.39, 0.29) is 43.5 Å². The van der Waals surface area contributed by atoms with Gasteiger partial charge in [-0.3, -0.25) is 9.78 Å². The number of hydrogen-bond acceptors (Lipinski definition) is 3. The maximum Gasteiger partial charge on any atom is 0.162 e. The van der Waals surface area contributed by atoms with E-state index in [1.165, 1.54) is 60.1 Å². The number of aliphatic hydroxyl groups excluding tert-OH is 1. The molecule has 2 aromatic carbocycles. The zero-order valence-electron chi connectivity index (χ0n) is 24.4. The third-order valence-corrected chi connectivity index (χ3v) is 8.13. The van der Waals surface area contributed by atoms with Gasteiger partial charge in [-0.2, -0.15) is 0 Å². The monoisotopic (exact) mass is 705 g/mol. The molecule has 1 radical (unpaired) electrons. The number of ketones is 1. The van der Waals surface area contributed by atoms with E-state index in [2.05, 4.69) is 54.4 Å². The molecule has 1 aliphatic rings. The van der Waals surface area contributed by atoms with E-state index in [4.69, 9.17) is 0 Å². The van der Waals surface area contributed by atoms with Crippen LogP contribution in [0.3, 0.4) is 0 Å². The fraction of sp³-hybridized carbons (Fsp3) is 0.486. The zero-order valence-corrected chi connectivity index (χ0v) is 26.8. The summed E-state index contributed by atoms with van der Waals surface area (Å²) >= 11 is 0. The molecule has 3 aromatic rings. The summed E-state index contributed by atoms with van der Waals surface area (Å²) in [6.45, 7) is 10.2. The molecule has 4 heteroatoms. The number of rotatable bonds is 9. The fourth-order valence-electron chi connectivity index (χ4n) is 5.61. The Bertz CT molecular complexity index is 1200. The first-order chi connectivity index (χ1) is 18.4. The van der Waals surface area contributed by atoms with Gasteiger partial charge in [0.1, 0.15) is 0 Å². The van der Waals surface area contributed by atoms with Crippen molar-refractivity contribution < 1.29 is 30.0 Å². The van der Waals surface area contributed by atoms with Gasteiger partial charge in [0, 0.05) is 49.9 Å². The first kappa shape index (κ1) is 32.9. The smallest absolute Gasteiger partial charge is 0.162 e. The molecule has 4 rings (SSSR count). The Morgan fingerprint density at radius 1 is 0.974 bits per heavy atom. The van der Waals surface area contributed by atoms with Gasteiger partial charge in [0.2, 0.25) is 0 Å². The van der Waals surface area contributed by atoms with Crippen molar-refractivity contribution in [3.05, 3.63) is 77.7 Å². The predicted octanol–water partition coefficient (Wildman–Crippen LogP) is 9.93. The molecular formula is C35H46IrNO2-. The van der Waals surface area contributed by atoms with Gasteiger partial charge >= 0.3 is 0 Å². The molecule has 0 aliphatic heterocycles. The molecule has 213 valence electrons. The van der Waals surface area contributed by atoms with E-state index in [0.717, 1.165) is 36.9 Å². The van der Waals surface area contributed by atoms with E-state index >= 15 is 0 Å². The summed E-state index contributed by atoms with van der Waals surface area (Å²) in [5.74, 6) is 1.23. The van der Waals surface area contributed by atoms with Crippen LogP contribution in [0.25, 0.3) is 22.0 Å². The molecule has 0 amide bonds. The van der Waals surface area contributed by atoms with E-state index in [0.29, 0.717) is 5.92 Å². The van der Waals surface area contributed by atoms with Crippen LogP contribution in [-0.2, 0) is 24.9 Å². The normalized spacial score (nSPS) is 14.2. The molecule has 1 aromatic heterocycles. The van der Waals surface area contributed by atoms with Gasteiger partial charge < -0.3 is 5.11 Å². The summed E-state index contributed by atoms with van der Waals surface area (Å²) in [5.41, 5.74) is 4.91. The standard InChI is InChI=1S/C22H22N.C13H24O2.Ir/c1-16-11-12-23-22(13-16)19-14-18-9-5-6-10-20(18)21(15-19)17-7-3-2-4-8-17;1-5-10(6-2)12(14)9-13(15)11(7-3)8-4;/h5-6,9-13,15,17H,2-4,7-8H2,1H3;9-11,14H,5-8H2,1-4H3;/q-1;;/b;12-9-;. The van der Waals surface area contributed by atoms with Gasteiger partial charge in [-0.05, 0) is 57.4 Å². The molecule has 1 aliphatic carbocycles. The summed E-state index contributed by atoms with van der Waals surface area (Å²) in [5, 5.41) is 12.3. The minimum atomic E-state index is 0. The Hall–Kier alpha value is -2.29. The molecule has 39 heavy (non-hydrogen) atoms. The van der Waals surface area contributed by atoms with Crippen molar-refractivity contribution in [1.29, 1.82) is 0 Å². The number of aryl methyl sites for hydroxylation is 1. The number of aromatic nitrogens is 1. The van der Waals surface area contributed by atoms with Crippen LogP contribution >= 0.6 is 0 Å². The molecule has 3 nitrogen and oxygen atoms in total. The first-order valence-corrected chi connectivity index (χ1v) is 14.7. The number of carbonyl (C=O) groups is 1. The summed E-state index contributed by atoms with van der Waals surface area (Å²) in [4.78, 5) is 16.3. The molecule has 0 unspecified atom stereocenters. The maximum atomic E-state index is 11.7. The molecule has 1 saturated carbocycles. The van der Waals surface area contributed by atoms with Gasteiger partial charge in [-0.15, -0.1) is 29.1 Å². The van der Waals surface area contributed by atoms with Crippen LogP contribution in [0.2, 0.25) is 0 Å². The van der Waals surface area contributed by atoms with Crippen LogP contribution in [-0.4, -0.2) is 15.9 Å². The number of fused-ring (bicyclic) bond motifs is 1. The molecule has 0 bridgehead atoms. The number of hydrogen-bond donors (Lipinski definition) is 1. The molecule has 0 atom stereocenters. The average molecular weight is 705 g/mol. The van der Waals surface area contributed by atoms with E-state index in [1.807, 2.05) is 40.0 Å². The van der Waals surface area contributed by atoms with E-state index < -0.39 is 0 Å². The Morgan fingerprint density at radius 2 is 1.62 bits per heavy atom. The number of allylic oxidation sites excluding steroid dienone is 2. The quantitative estimate of drug-likeness (QED) is 0.137. The largest absolute Gasteiger partial charge is 0.512 e. The van der Waals surface area contributed by atoms with Crippen LogP contribution in [0.5, 0.6) is 0 Å². The van der Waals surface area contributed by atoms with Crippen molar-refractivity contribution in [3.8, 4) is 11.3 Å². The summed E-state index contributed by atoms with van der Waals surface area (Å²) in [6.07, 6.45) is 13.5. The van der Waals surface area contributed by atoms with Crippen molar-refractivity contribution in [1.82, 2.24) is 4.98 Å². The van der Waals surface area contributed by atoms with Gasteiger partial charge in [-0.1, -0.05) is 87.7 Å². The topological polar surface area (TPSA) is 50.2 Å². The van der Waals surface area contributed by atoms with Crippen molar-refractivity contribution in [2.45, 2.75) is 98.3 Å². The van der Waals surface area contributed by atoms with Gasteiger partial charge in [0.15, 0.2) is 5.78 Å². The second-order valence-corrected chi connectivity index (χ2v) is 10.7. The van der Waals surface area contributed by atoms with Crippen molar-refractivity contribution >= 4 is 16.6 Å². The van der Waals surface area contributed by atoms with Crippen LogP contribution < -0.4 is 0 Å². The van der Waals surface area contributed by atoms with Gasteiger partial charge in [0.25, 0.3) is 0 Å². The summed E-state index contributed by atoms with van der Waals surface area (Å²) < 4.78 is 0. The molecule has 0 spiro atoms. The minimum Gasteiger partial charge on any atom is -0.512 e. The Morgan fingerprint density at radius 3 is 2.23 bits per heavy atom. The fourth-order valence-corrected chi connectivity index (χ4v) is 5.61. The van der Waals surface area contributed by atoms with E-state index in [1.54, 1.807) is 0 Å². The second-order valence-electron chi connectivity index (χ2n) is 10.7. The summed E-state index contributed by atoms with van der Waals surface area (Å²) in [7, 11) is 0. The third kappa shape index (κ3) is 9.12. The number of carbonyl (C=O) groups excluding carboxylic acids is 1. The van der Waals surface area contributed by atoms with Crippen LogP contribution in [0, 0.1) is 24.8 Å². The van der Waals surface area contributed by atoms with Crippen molar-refractivity contribution in [2.24, 2.45) is 11.8 Å². The van der Waals surface area contributed by atoms with Crippen LogP contribution in [0.1, 0.15) is 103 Å². The molecule has 1 fully saturated rings. The zero-order chi connectivity index (χ0) is 27.5. The van der Waals surface area contributed by atoms with Gasteiger partial charge in [-0.25, -0.2) is 0 Å². The Labute approximate surface area is 249 Å². The van der Waals surface area contributed by atoms with Gasteiger partial charge in [0.05, 0.1) is 5.76 Å². The Kier molecular flexibility index (Phi) is 14.1. The number of benzene rings is 2. The molecular weight excluding hydrogens is 659 g/mol. The van der Waals surface area contributed by atoms with Crippen molar-refractivity contribution in [2.75, 3.05) is 0 Å². The number of nitrogens with zero attached hydrogens (tertiary/aromatic N) is 1. The Balaban J connectivity index is 0.000000294. The number of aliphatic hydroxyl groups is 1. The minimum absolute atomic E-state index is 0. The first-order valence-electron chi connectivity index (χ1n) is 14.7. The predicted molar refractivity (Wildman–Crippen MR) is 160 cm³/mol. The molecule has 0 saturated heterocycles. The maximum absolute atomic E-state index is 11.7. The van der Waals surface area contributed by atoms with E-state index in [9.17, 15) is 9.90 Å². The molecule has 1 heterocycles. The summed E-state index contributed by atoms with van der Waals surface area (Å²) in [6, 6.07) is 18.8. The number of pyridine rings is 1. The molecule has 1 N–H and O–H groups in total. The van der Waals surface area contributed by atoms with Crippen molar-refractivity contribution in [3.63, 3.8) is 0 Å².